The van der Waals surface area contributed by atoms with E-state index < -0.39 is 17.9 Å². The van der Waals surface area contributed by atoms with Crippen molar-refractivity contribution >= 4 is 107 Å². The Bertz CT molecular complexity index is 2630. The van der Waals surface area contributed by atoms with Gasteiger partial charge < -0.3 is 25.1 Å². The van der Waals surface area contributed by atoms with Crippen LogP contribution in [0.25, 0.3) is 41.3 Å². The molecular formula is C43H42N4O9S4. The monoisotopic (exact) mass is 886 g/mol. The number of methoxy groups -OCH3 is 2. The highest BCUT2D eigenvalue weighted by Crippen LogP contribution is 2.43. The number of nitrogens with two attached hydrogens (primary N) is 1. The Hall–Kier alpha value is -5.75. The summed E-state index contributed by atoms with van der Waals surface area (Å²) in [6.07, 6.45) is 6.80. The molecule has 0 saturated carbocycles. The first-order valence-corrected chi connectivity index (χ1v) is 21.9. The topological polar surface area (TPSA) is 188 Å². The number of amides is 2. The van der Waals surface area contributed by atoms with Crippen LogP contribution in [0.2, 0.25) is 0 Å². The van der Waals surface area contributed by atoms with Crippen LogP contribution in [0.1, 0.15) is 65.7 Å². The molecule has 0 atom stereocenters. The van der Waals surface area contributed by atoms with Crippen LogP contribution in [0.3, 0.4) is 0 Å². The van der Waals surface area contributed by atoms with E-state index in [9.17, 15) is 19.2 Å². The zero-order valence-electron chi connectivity index (χ0n) is 32.2. The van der Waals surface area contributed by atoms with Crippen LogP contribution >= 0.6 is 45.7 Å². The van der Waals surface area contributed by atoms with Gasteiger partial charge in [0, 0.05) is 45.7 Å². The molecule has 2 aromatic carbocycles. The van der Waals surface area contributed by atoms with Crippen LogP contribution < -0.4 is 20.1 Å². The number of carboxylic acid groups (broad SMARTS) is 1. The lowest BCUT2D eigenvalue weighted by atomic mass is 9.93. The number of carboxylic acids is 1. The largest absolute Gasteiger partial charge is 0.495 e. The van der Waals surface area contributed by atoms with Crippen molar-refractivity contribution in [2.75, 3.05) is 24.9 Å². The van der Waals surface area contributed by atoms with Crippen molar-refractivity contribution < 1.29 is 43.3 Å². The smallest absolute Gasteiger partial charge is 0.342 e. The van der Waals surface area contributed by atoms with Crippen molar-refractivity contribution in [3.05, 3.63) is 81.6 Å². The van der Waals surface area contributed by atoms with Crippen LogP contribution in [0, 0.1) is 0 Å². The van der Waals surface area contributed by atoms with Crippen molar-refractivity contribution in [1.82, 2.24) is 8.75 Å². The van der Waals surface area contributed by atoms with Gasteiger partial charge in [-0.2, -0.15) is 8.75 Å². The van der Waals surface area contributed by atoms with Gasteiger partial charge in [0.15, 0.2) is 0 Å². The zero-order valence-corrected chi connectivity index (χ0v) is 35.5. The normalized spacial score (nSPS) is 15.6. The maximum Gasteiger partial charge on any atom is 0.342 e. The van der Waals surface area contributed by atoms with Gasteiger partial charge >= 0.3 is 11.9 Å². The van der Waals surface area contributed by atoms with E-state index in [1.807, 2.05) is 59.3 Å². The first-order valence-electron chi connectivity index (χ1n) is 18.6. The van der Waals surface area contributed by atoms with Crippen LogP contribution in [0.5, 0.6) is 11.5 Å². The van der Waals surface area contributed by atoms with E-state index in [2.05, 4.69) is 13.5 Å². The van der Waals surface area contributed by atoms with Gasteiger partial charge in [0.05, 0.1) is 39.1 Å². The number of rotatable bonds is 5. The molecule has 2 amide bonds. The van der Waals surface area contributed by atoms with Crippen molar-refractivity contribution in [1.29, 1.82) is 0 Å². The molecule has 6 aromatic rings. The number of hydrogen-bond acceptors (Lipinski definition) is 15. The summed E-state index contributed by atoms with van der Waals surface area (Å²) in [5, 5.41) is 13.4. The second kappa shape index (κ2) is 19.1. The number of ether oxygens (including phenoxy) is 3. The summed E-state index contributed by atoms with van der Waals surface area (Å²) in [4.78, 5) is 59.9. The summed E-state index contributed by atoms with van der Waals surface area (Å²) in [5.74, 6) is -0.331. The van der Waals surface area contributed by atoms with E-state index >= 15 is 0 Å². The van der Waals surface area contributed by atoms with Gasteiger partial charge in [0.1, 0.15) is 22.9 Å². The van der Waals surface area contributed by atoms with Gasteiger partial charge in [-0.25, -0.2) is 14.5 Å². The van der Waals surface area contributed by atoms with E-state index in [1.54, 1.807) is 36.9 Å². The minimum Gasteiger partial charge on any atom is -0.495 e. The summed E-state index contributed by atoms with van der Waals surface area (Å²) in [5.41, 5.74) is 11.7. The van der Waals surface area contributed by atoms with Crippen LogP contribution in [-0.4, -0.2) is 57.8 Å². The van der Waals surface area contributed by atoms with Crippen molar-refractivity contribution in [2.45, 2.75) is 65.7 Å². The standard InChI is InChI=1S/C20H16N2O3S2.C12H10N2OS2.C8H8O3.C2H4O2.CH4/c1-25-15-8-9-26-18(15)17-14-10-11(6-7-16(14)27-21-17)22-19(23)12-4-2-3-5-13(12)20(22)24;1-15-9-4-5-16-12(9)11-8-6-7(13)2-3-10(8)17-14-11;9-7-5-3-1-2-4-6(5)8(10)11-7;1-2(3)4;/h6-10H,2-5H2,1H3;2-6H,13H2,1H3;1-4H2;1H3,(H,3,4);1H4. The lowest BCUT2D eigenvalue weighted by Crippen LogP contribution is -2.31. The molecule has 2 aliphatic heterocycles. The first kappa shape index (κ1) is 43.8. The number of hydrogen-bond donors (Lipinski definition) is 2. The van der Waals surface area contributed by atoms with Crippen LogP contribution in [0.4, 0.5) is 11.4 Å². The Morgan fingerprint density at radius 3 is 1.60 bits per heavy atom. The number of carbonyl (C=O) groups excluding carboxylic acids is 4. The van der Waals surface area contributed by atoms with Gasteiger partial charge in [0.2, 0.25) is 0 Å². The summed E-state index contributed by atoms with van der Waals surface area (Å²) in [6, 6.07) is 15.4. The lowest BCUT2D eigenvalue weighted by Gasteiger charge is -2.15. The number of anilines is 2. The third-order valence-electron chi connectivity index (χ3n) is 9.87. The minimum atomic E-state index is -0.833. The van der Waals surface area contributed by atoms with E-state index in [1.165, 1.54) is 28.0 Å². The summed E-state index contributed by atoms with van der Waals surface area (Å²) >= 11 is 6.09. The zero-order chi connectivity index (χ0) is 41.8. The second-order valence-corrected chi connectivity index (χ2v) is 17.0. The molecular weight excluding hydrogens is 845 g/mol. The molecule has 0 radical (unpaired) electrons. The number of carbonyl (C=O) groups is 5. The third kappa shape index (κ3) is 8.89. The maximum absolute atomic E-state index is 12.9. The van der Waals surface area contributed by atoms with E-state index in [-0.39, 0.29) is 19.2 Å². The van der Waals surface area contributed by atoms with Gasteiger partial charge in [-0.15, -0.1) is 22.7 Å². The van der Waals surface area contributed by atoms with Crippen LogP contribution in [-0.2, 0) is 28.7 Å². The summed E-state index contributed by atoms with van der Waals surface area (Å²) in [7, 11) is 3.32. The average molecular weight is 887 g/mol. The highest BCUT2D eigenvalue weighted by atomic mass is 32.1. The summed E-state index contributed by atoms with van der Waals surface area (Å²) in [6.45, 7) is 1.08. The molecule has 6 heterocycles. The molecule has 60 heavy (non-hydrogen) atoms. The minimum absolute atomic E-state index is 0. The number of nitrogens with zero attached hydrogens (tertiary/aromatic N) is 3. The highest BCUT2D eigenvalue weighted by molar-refractivity contribution is 7.16. The van der Waals surface area contributed by atoms with Gasteiger partial charge in [-0.3, -0.25) is 14.4 Å². The lowest BCUT2D eigenvalue weighted by molar-refractivity contribution is -0.151. The summed E-state index contributed by atoms with van der Waals surface area (Å²) < 4.78 is 26.5. The Balaban J connectivity index is 0.000000156. The van der Waals surface area contributed by atoms with Crippen LogP contribution in [0.15, 0.2) is 81.6 Å². The van der Waals surface area contributed by atoms with Crippen molar-refractivity contribution in [2.24, 2.45) is 0 Å². The number of nitrogen functional groups attached to an aromatic ring is 1. The average Bonchev–Trinajstić information content (AvgIpc) is 4.10. The molecule has 312 valence electrons. The molecule has 0 bridgehead atoms. The third-order valence-corrected chi connectivity index (χ3v) is 13.3. The number of fused-ring (bicyclic) bond motifs is 2. The molecule has 17 heteroatoms. The predicted octanol–water partition coefficient (Wildman–Crippen LogP) is 10.1. The number of cyclic esters (lactones) is 2. The van der Waals surface area contributed by atoms with Gasteiger partial charge in [-0.1, -0.05) is 7.43 Å². The van der Waals surface area contributed by atoms with Gasteiger partial charge in [-0.05, 0) is 134 Å². The number of imide groups is 1. The van der Waals surface area contributed by atoms with E-state index in [0.717, 1.165) is 104 Å². The van der Waals surface area contributed by atoms with E-state index in [0.29, 0.717) is 40.8 Å². The molecule has 4 aliphatic rings. The molecule has 3 N–H and O–H groups in total. The number of benzene rings is 2. The molecule has 0 spiro atoms. The van der Waals surface area contributed by atoms with Crippen molar-refractivity contribution in [3.8, 4) is 32.6 Å². The molecule has 13 nitrogen and oxygen atoms in total. The Labute approximate surface area is 362 Å². The fourth-order valence-electron chi connectivity index (χ4n) is 7.15. The number of aliphatic carboxylic acids is 1. The first-order chi connectivity index (χ1) is 28.5. The van der Waals surface area contributed by atoms with E-state index in [4.69, 9.17) is 25.1 Å². The Kier molecular flexibility index (Phi) is 13.9. The number of esters is 2. The van der Waals surface area contributed by atoms with Crippen molar-refractivity contribution in [3.63, 3.8) is 0 Å². The Morgan fingerprint density at radius 2 is 1.13 bits per heavy atom. The molecule has 4 aromatic heterocycles. The Morgan fingerprint density at radius 1 is 0.700 bits per heavy atom. The molecule has 10 rings (SSSR count). The molecule has 2 aliphatic carbocycles. The molecule has 0 fully saturated rings. The van der Waals surface area contributed by atoms with Gasteiger partial charge in [0.25, 0.3) is 17.8 Å². The fourth-order valence-corrected chi connectivity index (χ4v) is 10.5. The molecule has 0 unspecified atom stereocenters. The fraction of sp³-hybridized carbons (Fsp3) is 0.279. The SMILES string of the molecule is C.CC(=O)O.COc1ccsc1-c1nsc2ccc(N)cc12.COc1ccsc1-c1nsc2ccc(N3C(=O)C4=C(CCCC4)C3=O)cc12.O=C1OC(=O)C2=C1CCCC2. The molecule has 0 saturated heterocycles. The quantitative estimate of drug-likeness (QED) is 0.0723. The second-order valence-electron chi connectivity index (χ2n) is 13.6. The predicted molar refractivity (Wildman–Crippen MR) is 238 cm³/mol. The highest BCUT2D eigenvalue weighted by Gasteiger charge is 2.40. The number of aromatic nitrogens is 2. The maximum atomic E-state index is 12.9. The number of thiophene rings is 2.